The molecule has 0 aromatic heterocycles. The van der Waals surface area contributed by atoms with E-state index in [1.807, 2.05) is 26.0 Å². The molecule has 1 amide bonds. The summed E-state index contributed by atoms with van der Waals surface area (Å²) in [5.74, 6) is -0.501. The summed E-state index contributed by atoms with van der Waals surface area (Å²) in [6.07, 6.45) is 0.309. The molecule has 0 aliphatic carbocycles. The van der Waals surface area contributed by atoms with E-state index in [2.05, 4.69) is 0 Å². The standard InChI is InChI=1S/C21H23ClFNO4S/c1-14-5-3-8-20(15(14)2)28-12-21(25)24(16-9-10-29(26,27)13-16)11-17-18(22)6-4-7-19(17)23/h3-8,16H,9-13H2,1-2H3/t16-/m1/s1. The fourth-order valence-electron chi connectivity index (χ4n) is 3.40. The maximum atomic E-state index is 14.3. The fraction of sp³-hybridized carbons (Fsp3) is 0.381. The maximum absolute atomic E-state index is 14.3. The molecule has 3 rings (SSSR count). The van der Waals surface area contributed by atoms with Crippen LogP contribution < -0.4 is 4.74 Å². The number of carbonyl (C=O) groups excluding carboxylic acids is 1. The summed E-state index contributed by atoms with van der Waals surface area (Å²) >= 11 is 6.12. The van der Waals surface area contributed by atoms with Gasteiger partial charge >= 0.3 is 0 Å². The van der Waals surface area contributed by atoms with Crippen LogP contribution in [0.25, 0.3) is 0 Å². The lowest BCUT2D eigenvalue weighted by Crippen LogP contribution is -2.43. The van der Waals surface area contributed by atoms with Crippen LogP contribution in [0.1, 0.15) is 23.1 Å². The molecule has 5 nitrogen and oxygen atoms in total. The number of rotatable bonds is 6. The van der Waals surface area contributed by atoms with Crippen molar-refractivity contribution in [3.05, 3.63) is 63.9 Å². The lowest BCUT2D eigenvalue weighted by molar-refractivity contribution is -0.136. The van der Waals surface area contributed by atoms with Crippen LogP contribution in [0, 0.1) is 19.7 Å². The van der Waals surface area contributed by atoms with Crippen LogP contribution in [-0.2, 0) is 21.2 Å². The molecule has 1 fully saturated rings. The van der Waals surface area contributed by atoms with Gasteiger partial charge in [-0.3, -0.25) is 4.79 Å². The highest BCUT2D eigenvalue weighted by molar-refractivity contribution is 7.91. The summed E-state index contributed by atoms with van der Waals surface area (Å²) < 4.78 is 43.9. The molecule has 1 atom stereocenters. The van der Waals surface area contributed by atoms with Gasteiger partial charge in [0.1, 0.15) is 11.6 Å². The fourth-order valence-corrected chi connectivity index (χ4v) is 5.35. The minimum atomic E-state index is -3.23. The molecule has 0 N–H and O–H groups in total. The number of hydrogen-bond donors (Lipinski definition) is 0. The van der Waals surface area contributed by atoms with Gasteiger partial charge in [-0.25, -0.2) is 12.8 Å². The van der Waals surface area contributed by atoms with Gasteiger partial charge in [0.05, 0.1) is 18.1 Å². The maximum Gasteiger partial charge on any atom is 0.261 e. The van der Waals surface area contributed by atoms with Gasteiger partial charge in [-0.2, -0.15) is 0 Å². The van der Waals surface area contributed by atoms with Gasteiger partial charge in [-0.15, -0.1) is 0 Å². The van der Waals surface area contributed by atoms with Gasteiger partial charge in [0.15, 0.2) is 16.4 Å². The number of nitrogens with zero attached hydrogens (tertiary/aromatic N) is 1. The number of sulfone groups is 1. The second-order valence-electron chi connectivity index (χ2n) is 7.27. The van der Waals surface area contributed by atoms with Crippen molar-refractivity contribution in [2.24, 2.45) is 0 Å². The van der Waals surface area contributed by atoms with E-state index in [4.69, 9.17) is 16.3 Å². The summed E-state index contributed by atoms with van der Waals surface area (Å²) in [6.45, 7) is 3.46. The Hall–Kier alpha value is -2.12. The Kier molecular flexibility index (Phi) is 6.49. The van der Waals surface area contributed by atoms with E-state index in [9.17, 15) is 17.6 Å². The Morgan fingerprint density at radius 3 is 2.62 bits per heavy atom. The second-order valence-corrected chi connectivity index (χ2v) is 9.90. The number of halogens is 2. The van der Waals surface area contributed by atoms with Crippen LogP contribution in [0.2, 0.25) is 5.02 Å². The number of carbonyl (C=O) groups is 1. The van der Waals surface area contributed by atoms with Crippen molar-refractivity contribution in [2.45, 2.75) is 32.9 Å². The molecule has 0 saturated carbocycles. The number of amides is 1. The first-order valence-corrected chi connectivity index (χ1v) is 11.5. The van der Waals surface area contributed by atoms with Crippen LogP contribution in [0.4, 0.5) is 4.39 Å². The third kappa shape index (κ3) is 5.08. The van der Waals surface area contributed by atoms with Gasteiger partial charge in [-0.1, -0.05) is 29.8 Å². The molecule has 8 heteroatoms. The van der Waals surface area contributed by atoms with Crippen molar-refractivity contribution in [1.82, 2.24) is 4.90 Å². The summed E-state index contributed by atoms with van der Waals surface area (Å²) in [5, 5.41) is 0.194. The van der Waals surface area contributed by atoms with Crippen molar-refractivity contribution >= 4 is 27.3 Å². The number of ether oxygens (including phenoxy) is 1. The van der Waals surface area contributed by atoms with Crippen LogP contribution in [0.5, 0.6) is 5.75 Å². The molecule has 1 heterocycles. The molecule has 2 aromatic rings. The van der Waals surface area contributed by atoms with Crippen molar-refractivity contribution in [2.75, 3.05) is 18.1 Å². The molecule has 1 aliphatic rings. The third-order valence-corrected chi connectivity index (χ3v) is 7.37. The molecule has 1 aliphatic heterocycles. The number of aryl methyl sites for hydroxylation is 1. The van der Waals surface area contributed by atoms with E-state index in [0.717, 1.165) is 11.1 Å². The zero-order valence-electron chi connectivity index (χ0n) is 16.3. The molecule has 0 spiro atoms. The molecular formula is C21H23ClFNO4S. The molecule has 0 unspecified atom stereocenters. The number of benzene rings is 2. The summed E-state index contributed by atoms with van der Waals surface area (Å²) in [4.78, 5) is 14.4. The molecule has 0 radical (unpaired) electrons. The molecule has 156 valence electrons. The van der Waals surface area contributed by atoms with E-state index in [1.54, 1.807) is 12.1 Å². The highest BCUT2D eigenvalue weighted by Gasteiger charge is 2.35. The van der Waals surface area contributed by atoms with Gasteiger partial charge in [0.25, 0.3) is 5.91 Å². The molecule has 2 aromatic carbocycles. The van der Waals surface area contributed by atoms with Gasteiger partial charge < -0.3 is 9.64 Å². The van der Waals surface area contributed by atoms with Crippen molar-refractivity contribution in [3.8, 4) is 5.75 Å². The second kappa shape index (κ2) is 8.71. The lowest BCUT2D eigenvalue weighted by atomic mass is 10.1. The highest BCUT2D eigenvalue weighted by Crippen LogP contribution is 2.26. The highest BCUT2D eigenvalue weighted by atomic mass is 35.5. The van der Waals surface area contributed by atoms with Gasteiger partial charge in [0.2, 0.25) is 0 Å². The minimum absolute atomic E-state index is 0.00426. The Labute approximate surface area is 175 Å². The lowest BCUT2D eigenvalue weighted by Gasteiger charge is -2.29. The molecule has 29 heavy (non-hydrogen) atoms. The Morgan fingerprint density at radius 2 is 1.97 bits per heavy atom. The average Bonchev–Trinajstić information content (AvgIpc) is 3.02. The first kappa shape index (κ1) is 21.6. The molecular weight excluding hydrogens is 417 g/mol. The summed E-state index contributed by atoms with van der Waals surface area (Å²) in [7, 11) is -3.23. The average molecular weight is 440 g/mol. The van der Waals surface area contributed by atoms with E-state index in [-0.39, 0.29) is 35.2 Å². The zero-order chi connectivity index (χ0) is 21.2. The monoisotopic (exact) mass is 439 g/mol. The van der Waals surface area contributed by atoms with Crippen molar-refractivity contribution in [3.63, 3.8) is 0 Å². The predicted octanol–water partition coefficient (Wildman–Crippen LogP) is 3.69. The molecule has 1 saturated heterocycles. The van der Waals surface area contributed by atoms with Crippen LogP contribution >= 0.6 is 11.6 Å². The summed E-state index contributed by atoms with van der Waals surface area (Å²) in [5.41, 5.74) is 2.12. The normalized spacial score (nSPS) is 17.9. The van der Waals surface area contributed by atoms with Gasteiger partial charge in [-0.05, 0) is 49.6 Å². The largest absolute Gasteiger partial charge is 0.483 e. The van der Waals surface area contributed by atoms with Gasteiger partial charge in [0, 0.05) is 16.6 Å². The minimum Gasteiger partial charge on any atom is -0.483 e. The first-order chi connectivity index (χ1) is 13.7. The van der Waals surface area contributed by atoms with Crippen LogP contribution in [0.15, 0.2) is 36.4 Å². The van der Waals surface area contributed by atoms with Crippen LogP contribution in [-0.4, -0.2) is 43.4 Å². The van der Waals surface area contributed by atoms with E-state index < -0.39 is 27.6 Å². The van der Waals surface area contributed by atoms with E-state index in [1.165, 1.54) is 17.0 Å². The van der Waals surface area contributed by atoms with Crippen LogP contribution in [0.3, 0.4) is 0 Å². The first-order valence-electron chi connectivity index (χ1n) is 9.30. The Bertz CT molecular complexity index is 1010. The topological polar surface area (TPSA) is 63.7 Å². The Balaban J connectivity index is 1.82. The van der Waals surface area contributed by atoms with E-state index in [0.29, 0.717) is 12.2 Å². The van der Waals surface area contributed by atoms with Crippen molar-refractivity contribution in [1.29, 1.82) is 0 Å². The molecule has 0 bridgehead atoms. The van der Waals surface area contributed by atoms with Crippen molar-refractivity contribution < 1.29 is 22.3 Å². The Morgan fingerprint density at radius 1 is 1.24 bits per heavy atom. The third-order valence-electron chi connectivity index (χ3n) is 5.27. The zero-order valence-corrected chi connectivity index (χ0v) is 17.9. The smallest absolute Gasteiger partial charge is 0.261 e. The quantitative estimate of drug-likeness (QED) is 0.688. The SMILES string of the molecule is Cc1cccc(OCC(=O)N(Cc2c(F)cccc2Cl)[C@@H]2CCS(=O)(=O)C2)c1C. The number of hydrogen-bond acceptors (Lipinski definition) is 4. The van der Waals surface area contributed by atoms with E-state index >= 15 is 0 Å². The summed E-state index contributed by atoms with van der Waals surface area (Å²) in [6, 6.07) is 9.31. The predicted molar refractivity (Wildman–Crippen MR) is 110 cm³/mol.